The van der Waals surface area contributed by atoms with Crippen LogP contribution in [0.25, 0.3) is 0 Å². The van der Waals surface area contributed by atoms with E-state index in [-0.39, 0.29) is 11.6 Å². The lowest BCUT2D eigenvalue weighted by Crippen LogP contribution is -2.41. The number of amides is 2. The van der Waals surface area contributed by atoms with Crippen molar-refractivity contribution < 1.29 is 33.3 Å². The fourth-order valence-corrected chi connectivity index (χ4v) is 2.18. The van der Waals surface area contributed by atoms with Gasteiger partial charge >= 0.3 is 5.97 Å². The molecule has 1 atom stereocenters. The summed E-state index contributed by atoms with van der Waals surface area (Å²) in [5.74, 6) is -0.716. The van der Waals surface area contributed by atoms with Gasteiger partial charge in [0.05, 0.1) is 21.3 Å². The van der Waals surface area contributed by atoms with Crippen molar-refractivity contribution in [3.63, 3.8) is 0 Å². The molecule has 0 unspecified atom stereocenters. The second-order valence-corrected chi connectivity index (χ2v) is 5.94. The average Bonchev–Trinajstić information content (AvgIpc) is 2.63. The molecule has 0 aliphatic rings. The Morgan fingerprint density at radius 2 is 1.48 bits per heavy atom. The van der Waals surface area contributed by atoms with Crippen LogP contribution >= 0.6 is 0 Å². The van der Waals surface area contributed by atoms with Gasteiger partial charge in [-0.15, -0.1) is 0 Å². The average molecular weight is 382 g/mol. The summed E-state index contributed by atoms with van der Waals surface area (Å²) in [4.78, 5) is 35.9. The fraction of sp³-hybridized carbons (Fsp3) is 0.500. The third kappa shape index (κ3) is 6.36. The predicted molar refractivity (Wildman–Crippen MR) is 97.3 cm³/mol. The molecule has 150 valence electrons. The lowest BCUT2D eigenvalue weighted by molar-refractivity contribution is -0.150. The third-order valence-corrected chi connectivity index (χ3v) is 3.42. The standard InChI is InChI=1S/C18H26N2O7/c1-10(2)19-15(21)9-27-18(23)11(3)20-17(22)12-7-13(24-4)16(26-6)14(8-12)25-5/h7-8,10-11H,9H2,1-6H3,(H,19,21)(H,20,22)/t11-/m0/s1. The number of rotatable bonds is 9. The second-order valence-electron chi connectivity index (χ2n) is 5.94. The zero-order valence-electron chi connectivity index (χ0n) is 16.4. The van der Waals surface area contributed by atoms with E-state index in [1.165, 1.54) is 40.4 Å². The van der Waals surface area contributed by atoms with Gasteiger partial charge < -0.3 is 29.6 Å². The molecule has 27 heavy (non-hydrogen) atoms. The highest BCUT2D eigenvalue weighted by atomic mass is 16.5. The van der Waals surface area contributed by atoms with Gasteiger partial charge in [0.15, 0.2) is 18.1 Å². The smallest absolute Gasteiger partial charge is 0.328 e. The van der Waals surface area contributed by atoms with Crippen molar-refractivity contribution in [2.75, 3.05) is 27.9 Å². The molecule has 0 heterocycles. The first-order valence-corrected chi connectivity index (χ1v) is 8.30. The number of nitrogens with one attached hydrogen (secondary N) is 2. The topological polar surface area (TPSA) is 112 Å². The monoisotopic (exact) mass is 382 g/mol. The number of ether oxygens (including phenoxy) is 4. The quantitative estimate of drug-likeness (QED) is 0.610. The van der Waals surface area contributed by atoms with Crippen LogP contribution in [0.2, 0.25) is 0 Å². The summed E-state index contributed by atoms with van der Waals surface area (Å²) in [6.45, 7) is 4.62. The highest BCUT2D eigenvalue weighted by Gasteiger charge is 2.22. The SMILES string of the molecule is COc1cc(C(=O)N[C@@H](C)C(=O)OCC(=O)NC(C)C)cc(OC)c1OC. The van der Waals surface area contributed by atoms with Gasteiger partial charge in [-0.1, -0.05) is 0 Å². The molecular formula is C18H26N2O7. The van der Waals surface area contributed by atoms with Gasteiger partial charge in [-0.3, -0.25) is 9.59 Å². The molecule has 0 saturated carbocycles. The molecule has 2 amide bonds. The Kier molecular flexibility index (Phi) is 8.37. The summed E-state index contributed by atoms with van der Waals surface area (Å²) < 4.78 is 20.5. The van der Waals surface area contributed by atoms with Gasteiger partial charge in [-0.25, -0.2) is 4.79 Å². The van der Waals surface area contributed by atoms with Crippen molar-refractivity contribution in [1.82, 2.24) is 10.6 Å². The summed E-state index contributed by atoms with van der Waals surface area (Å²) in [5.41, 5.74) is 0.210. The normalized spacial score (nSPS) is 11.4. The molecule has 0 bridgehead atoms. The van der Waals surface area contributed by atoms with Gasteiger partial charge in [0.2, 0.25) is 5.75 Å². The minimum atomic E-state index is -0.955. The Morgan fingerprint density at radius 1 is 0.926 bits per heavy atom. The highest BCUT2D eigenvalue weighted by Crippen LogP contribution is 2.38. The first-order chi connectivity index (χ1) is 12.7. The highest BCUT2D eigenvalue weighted by molar-refractivity contribution is 5.98. The first-order valence-electron chi connectivity index (χ1n) is 8.30. The van der Waals surface area contributed by atoms with Crippen LogP contribution in [-0.2, 0) is 14.3 Å². The lowest BCUT2D eigenvalue weighted by atomic mass is 10.1. The van der Waals surface area contributed by atoms with E-state index >= 15 is 0 Å². The van der Waals surface area contributed by atoms with E-state index in [0.717, 1.165) is 0 Å². The molecule has 9 nitrogen and oxygen atoms in total. The zero-order valence-corrected chi connectivity index (χ0v) is 16.4. The van der Waals surface area contributed by atoms with E-state index in [1.807, 2.05) is 0 Å². The molecule has 1 rings (SSSR count). The van der Waals surface area contributed by atoms with Crippen LogP contribution in [0.15, 0.2) is 12.1 Å². The second kappa shape index (κ2) is 10.2. The predicted octanol–water partition coefficient (Wildman–Crippen LogP) is 0.899. The Hall–Kier alpha value is -2.97. The maximum atomic E-state index is 12.4. The molecule has 1 aromatic rings. The van der Waals surface area contributed by atoms with Gasteiger partial charge in [-0.2, -0.15) is 0 Å². The molecule has 0 aliphatic heterocycles. The Bertz CT molecular complexity index is 663. The van der Waals surface area contributed by atoms with Crippen LogP contribution in [0.3, 0.4) is 0 Å². The number of esters is 1. The van der Waals surface area contributed by atoms with E-state index in [0.29, 0.717) is 17.2 Å². The lowest BCUT2D eigenvalue weighted by Gasteiger charge is -2.16. The minimum absolute atomic E-state index is 0.0617. The van der Waals surface area contributed by atoms with E-state index in [4.69, 9.17) is 18.9 Å². The van der Waals surface area contributed by atoms with Crippen molar-refractivity contribution in [3.05, 3.63) is 17.7 Å². The fourth-order valence-electron chi connectivity index (χ4n) is 2.18. The van der Waals surface area contributed by atoms with Crippen LogP contribution in [0.5, 0.6) is 17.2 Å². The Labute approximate surface area is 158 Å². The summed E-state index contributed by atoms with van der Waals surface area (Å²) in [5, 5.41) is 5.10. The van der Waals surface area contributed by atoms with Crippen molar-refractivity contribution in [3.8, 4) is 17.2 Å². The number of hydrogen-bond donors (Lipinski definition) is 2. The molecule has 0 fully saturated rings. The van der Waals surface area contributed by atoms with Crippen LogP contribution in [0.4, 0.5) is 0 Å². The molecule has 9 heteroatoms. The zero-order chi connectivity index (χ0) is 20.6. The van der Waals surface area contributed by atoms with E-state index < -0.39 is 30.4 Å². The Morgan fingerprint density at radius 3 is 1.93 bits per heavy atom. The number of methoxy groups -OCH3 is 3. The number of benzene rings is 1. The van der Waals surface area contributed by atoms with Crippen molar-refractivity contribution in [2.45, 2.75) is 32.9 Å². The van der Waals surface area contributed by atoms with Crippen LogP contribution < -0.4 is 24.8 Å². The first kappa shape index (κ1) is 22.1. The molecule has 0 saturated heterocycles. The largest absolute Gasteiger partial charge is 0.493 e. The Balaban J connectivity index is 2.77. The van der Waals surface area contributed by atoms with Crippen LogP contribution in [0.1, 0.15) is 31.1 Å². The van der Waals surface area contributed by atoms with E-state index in [9.17, 15) is 14.4 Å². The van der Waals surface area contributed by atoms with E-state index in [2.05, 4.69) is 10.6 Å². The summed E-state index contributed by atoms with van der Waals surface area (Å²) >= 11 is 0. The van der Waals surface area contributed by atoms with Crippen molar-refractivity contribution in [2.24, 2.45) is 0 Å². The van der Waals surface area contributed by atoms with Crippen LogP contribution in [0, 0.1) is 0 Å². The molecule has 0 aromatic heterocycles. The maximum Gasteiger partial charge on any atom is 0.328 e. The van der Waals surface area contributed by atoms with Gasteiger partial charge in [0.25, 0.3) is 11.8 Å². The molecule has 0 spiro atoms. The molecule has 2 N–H and O–H groups in total. The molecule has 0 radical (unpaired) electrons. The minimum Gasteiger partial charge on any atom is -0.493 e. The summed E-state index contributed by atoms with van der Waals surface area (Å²) in [7, 11) is 4.32. The summed E-state index contributed by atoms with van der Waals surface area (Å²) in [6.07, 6.45) is 0. The van der Waals surface area contributed by atoms with Gasteiger partial charge in [0.1, 0.15) is 6.04 Å². The van der Waals surface area contributed by atoms with Crippen molar-refractivity contribution in [1.29, 1.82) is 0 Å². The van der Waals surface area contributed by atoms with Gasteiger partial charge in [-0.05, 0) is 32.9 Å². The number of carbonyl (C=O) groups excluding carboxylic acids is 3. The molecular weight excluding hydrogens is 356 g/mol. The van der Waals surface area contributed by atoms with Gasteiger partial charge in [0, 0.05) is 11.6 Å². The number of hydrogen-bond acceptors (Lipinski definition) is 7. The number of carbonyl (C=O) groups is 3. The van der Waals surface area contributed by atoms with Crippen molar-refractivity contribution >= 4 is 17.8 Å². The van der Waals surface area contributed by atoms with E-state index in [1.54, 1.807) is 13.8 Å². The summed E-state index contributed by atoms with van der Waals surface area (Å²) in [6, 6.07) is 1.91. The van der Waals surface area contributed by atoms with Crippen LogP contribution in [-0.4, -0.2) is 57.8 Å². The molecule has 1 aromatic carbocycles. The maximum absolute atomic E-state index is 12.4. The molecule has 0 aliphatic carbocycles. The third-order valence-electron chi connectivity index (χ3n) is 3.42.